The van der Waals surface area contributed by atoms with Crippen molar-refractivity contribution in [1.82, 2.24) is 5.32 Å². The van der Waals surface area contributed by atoms with E-state index in [0.717, 1.165) is 0 Å². The van der Waals surface area contributed by atoms with Crippen molar-refractivity contribution >= 4 is 23.8 Å². The second-order valence-corrected chi connectivity index (χ2v) is 4.72. The minimum atomic E-state index is -1.26. The van der Waals surface area contributed by atoms with Gasteiger partial charge in [0.1, 0.15) is 12.6 Å². The highest BCUT2D eigenvalue weighted by molar-refractivity contribution is 5.94. The summed E-state index contributed by atoms with van der Waals surface area (Å²) in [6.45, 7) is 9.59. The number of hydrogen-bond acceptors (Lipinski definition) is 6. The maximum absolute atomic E-state index is 11.1. The normalized spacial score (nSPS) is 10.5. The highest BCUT2D eigenvalue weighted by Crippen LogP contribution is 1.99. The Morgan fingerprint density at radius 3 is 1.96 bits per heavy atom. The number of rotatable bonds is 9. The van der Waals surface area contributed by atoms with Crippen molar-refractivity contribution in [2.45, 2.75) is 32.7 Å². The van der Waals surface area contributed by atoms with Gasteiger partial charge in [0.05, 0.1) is 6.61 Å². The van der Waals surface area contributed by atoms with Gasteiger partial charge in [0.2, 0.25) is 5.91 Å². The molecule has 0 saturated heterocycles. The molecule has 0 aromatic heterocycles. The number of carboxylic acid groups (broad SMARTS) is 2. The third kappa shape index (κ3) is 13.0. The van der Waals surface area contributed by atoms with Gasteiger partial charge >= 0.3 is 17.9 Å². The first-order chi connectivity index (χ1) is 11.0. The Morgan fingerprint density at radius 1 is 1.08 bits per heavy atom. The molecule has 0 aliphatic rings. The molecule has 0 radical (unpaired) electrons. The number of aliphatic carboxylic acids is 2. The Kier molecular flexibility index (Phi) is 12.6. The van der Waals surface area contributed by atoms with Gasteiger partial charge in [-0.15, -0.1) is 0 Å². The van der Waals surface area contributed by atoms with Crippen molar-refractivity contribution in [3.05, 3.63) is 24.3 Å². The van der Waals surface area contributed by atoms with E-state index < -0.39 is 29.9 Å². The van der Waals surface area contributed by atoms with Gasteiger partial charge in [-0.2, -0.15) is 0 Å². The number of carboxylic acids is 2. The molecule has 9 heteroatoms. The van der Waals surface area contributed by atoms with E-state index in [2.05, 4.69) is 23.2 Å². The number of carbonyl (C=O) groups excluding carboxylic acids is 2. The van der Waals surface area contributed by atoms with Crippen LogP contribution in [0.1, 0.15) is 26.7 Å². The first kappa shape index (κ1) is 23.6. The molecule has 136 valence electrons. The van der Waals surface area contributed by atoms with Gasteiger partial charge in [0.15, 0.2) is 0 Å². The quantitative estimate of drug-likeness (QED) is 0.339. The number of aliphatic hydroxyl groups excluding tert-OH is 1. The topological polar surface area (TPSA) is 150 Å². The van der Waals surface area contributed by atoms with Crippen LogP contribution < -0.4 is 5.32 Å². The summed E-state index contributed by atoms with van der Waals surface area (Å²) in [6, 6.07) is -1.19. The summed E-state index contributed by atoms with van der Waals surface area (Å²) in [5, 5.41) is 27.4. The maximum Gasteiger partial charge on any atom is 0.333 e. The van der Waals surface area contributed by atoms with Gasteiger partial charge in [0, 0.05) is 17.6 Å². The number of amides is 1. The Hall–Kier alpha value is -2.68. The number of esters is 1. The summed E-state index contributed by atoms with van der Waals surface area (Å²) in [4.78, 5) is 42.4. The van der Waals surface area contributed by atoms with Crippen LogP contribution >= 0.6 is 0 Å². The van der Waals surface area contributed by atoms with Crippen LogP contribution in [0.5, 0.6) is 0 Å². The highest BCUT2D eigenvalue weighted by Gasteiger charge is 2.20. The zero-order valence-corrected chi connectivity index (χ0v) is 13.7. The van der Waals surface area contributed by atoms with Crippen LogP contribution in [0.25, 0.3) is 0 Å². The molecule has 0 aliphatic carbocycles. The second kappa shape index (κ2) is 12.8. The fraction of sp³-hybridized carbons (Fsp3) is 0.467. The van der Waals surface area contributed by atoms with Gasteiger partial charge < -0.3 is 25.4 Å². The number of carbonyl (C=O) groups is 4. The molecule has 9 nitrogen and oxygen atoms in total. The molecule has 0 spiro atoms. The van der Waals surface area contributed by atoms with Crippen LogP contribution in [0.15, 0.2) is 24.3 Å². The molecular formula is C15H23NO8. The molecule has 24 heavy (non-hydrogen) atoms. The summed E-state index contributed by atoms with van der Waals surface area (Å²) in [7, 11) is 0. The molecule has 0 saturated carbocycles. The molecule has 0 aromatic carbocycles. The predicted molar refractivity (Wildman–Crippen MR) is 84.1 cm³/mol. The van der Waals surface area contributed by atoms with Gasteiger partial charge in [-0.05, 0) is 20.3 Å². The molecule has 0 aromatic rings. The summed E-state index contributed by atoms with van der Waals surface area (Å²) in [6.07, 6.45) is -0.461. The van der Waals surface area contributed by atoms with Crippen LogP contribution in [-0.2, 0) is 23.9 Å². The standard InChI is InChI=1S/C9H13NO5.C6H10O3/c1-5(2)8(13)10-6(9(14)15)3-4-7(11)12;1-5(2)6(8)9-4-3-7/h6H,1,3-4H2,2H3,(H,10,13)(H,11,12)(H,14,15);7H,1,3-4H2,2H3/t6-;/m0./s1. The first-order valence-corrected chi connectivity index (χ1v) is 6.87. The van der Waals surface area contributed by atoms with Crippen LogP contribution in [-0.4, -0.2) is 58.4 Å². The van der Waals surface area contributed by atoms with E-state index in [1.54, 1.807) is 6.92 Å². The Labute approximate surface area is 139 Å². The largest absolute Gasteiger partial charge is 0.481 e. The van der Waals surface area contributed by atoms with Crippen LogP contribution in [0.3, 0.4) is 0 Å². The van der Waals surface area contributed by atoms with E-state index >= 15 is 0 Å². The van der Waals surface area contributed by atoms with Crippen molar-refractivity contribution in [1.29, 1.82) is 0 Å². The number of ether oxygens (including phenoxy) is 1. The third-order valence-electron chi connectivity index (χ3n) is 2.31. The van der Waals surface area contributed by atoms with Gasteiger partial charge in [-0.3, -0.25) is 9.59 Å². The molecule has 0 aliphatic heterocycles. The average Bonchev–Trinajstić information content (AvgIpc) is 2.48. The van der Waals surface area contributed by atoms with Crippen molar-refractivity contribution in [3.63, 3.8) is 0 Å². The molecule has 1 atom stereocenters. The maximum atomic E-state index is 11.1. The number of hydrogen-bond donors (Lipinski definition) is 4. The van der Waals surface area contributed by atoms with Crippen molar-refractivity contribution in [2.24, 2.45) is 0 Å². The van der Waals surface area contributed by atoms with E-state index in [-0.39, 0.29) is 31.6 Å². The average molecular weight is 345 g/mol. The van der Waals surface area contributed by atoms with Crippen LogP contribution in [0, 0.1) is 0 Å². The molecule has 0 rings (SSSR count). The van der Waals surface area contributed by atoms with E-state index in [1.165, 1.54) is 6.92 Å². The summed E-state index contributed by atoms with van der Waals surface area (Å²) in [5.74, 6) is -3.41. The lowest BCUT2D eigenvalue weighted by Crippen LogP contribution is -2.41. The minimum absolute atomic E-state index is 0.0473. The summed E-state index contributed by atoms with van der Waals surface area (Å²) >= 11 is 0. The number of aliphatic hydroxyl groups is 1. The smallest absolute Gasteiger partial charge is 0.333 e. The fourth-order valence-electron chi connectivity index (χ4n) is 1.07. The van der Waals surface area contributed by atoms with Crippen LogP contribution in [0.4, 0.5) is 0 Å². The minimum Gasteiger partial charge on any atom is -0.481 e. The Balaban J connectivity index is 0. The zero-order chi connectivity index (χ0) is 19.3. The molecular weight excluding hydrogens is 322 g/mol. The van der Waals surface area contributed by atoms with Crippen molar-refractivity contribution in [3.8, 4) is 0 Å². The second-order valence-electron chi connectivity index (χ2n) is 4.72. The SMILES string of the molecule is C=C(C)C(=O)N[C@@H](CCC(=O)O)C(=O)O.C=C(C)C(=O)OCCO. The first-order valence-electron chi connectivity index (χ1n) is 6.87. The lowest BCUT2D eigenvalue weighted by molar-refractivity contribution is -0.142. The van der Waals surface area contributed by atoms with E-state index in [1.807, 2.05) is 0 Å². The predicted octanol–water partition coefficient (Wildman–Crippen LogP) is 0.0947. The lowest BCUT2D eigenvalue weighted by atomic mass is 10.1. The molecule has 0 bridgehead atoms. The van der Waals surface area contributed by atoms with Crippen LogP contribution in [0.2, 0.25) is 0 Å². The summed E-state index contributed by atoms with van der Waals surface area (Å²) in [5.41, 5.74) is 0.528. The lowest BCUT2D eigenvalue weighted by Gasteiger charge is -2.12. The highest BCUT2D eigenvalue weighted by atomic mass is 16.5. The number of nitrogens with one attached hydrogen (secondary N) is 1. The van der Waals surface area contributed by atoms with Crippen molar-refractivity contribution < 1.29 is 39.2 Å². The van der Waals surface area contributed by atoms with Gasteiger partial charge in [-0.1, -0.05) is 13.2 Å². The van der Waals surface area contributed by atoms with Gasteiger partial charge in [-0.25, -0.2) is 9.59 Å². The van der Waals surface area contributed by atoms with Gasteiger partial charge in [0.25, 0.3) is 0 Å². The Bertz CT molecular complexity index is 498. The third-order valence-corrected chi connectivity index (χ3v) is 2.31. The van der Waals surface area contributed by atoms with E-state index in [4.69, 9.17) is 15.3 Å². The summed E-state index contributed by atoms with van der Waals surface area (Å²) < 4.78 is 4.46. The Morgan fingerprint density at radius 2 is 1.62 bits per heavy atom. The fourth-order valence-corrected chi connectivity index (χ4v) is 1.07. The molecule has 4 N–H and O–H groups in total. The van der Waals surface area contributed by atoms with E-state index in [9.17, 15) is 19.2 Å². The molecule has 0 heterocycles. The molecule has 0 unspecified atom stereocenters. The van der Waals surface area contributed by atoms with E-state index in [0.29, 0.717) is 5.57 Å². The molecule has 0 fully saturated rings. The monoisotopic (exact) mass is 345 g/mol. The van der Waals surface area contributed by atoms with Crippen molar-refractivity contribution in [2.75, 3.05) is 13.2 Å². The zero-order valence-electron chi connectivity index (χ0n) is 13.7. The molecule has 1 amide bonds.